The summed E-state index contributed by atoms with van der Waals surface area (Å²) >= 11 is 0. The molecular weight excluding hydrogens is 526 g/mol. The van der Waals surface area contributed by atoms with Crippen LogP contribution in [-0.2, 0) is 14.3 Å². The van der Waals surface area contributed by atoms with Gasteiger partial charge in [0.05, 0.1) is 0 Å². The van der Waals surface area contributed by atoms with Crippen molar-refractivity contribution in [1.29, 1.82) is 0 Å². The Labute approximate surface area is 251 Å². The van der Waals surface area contributed by atoms with Gasteiger partial charge in [0.2, 0.25) is 5.91 Å². The number of unbranched alkanes of at least 4 members (excludes halogenated alkanes) is 1. The van der Waals surface area contributed by atoms with Gasteiger partial charge in [0, 0.05) is 12.2 Å². The predicted octanol–water partition coefficient (Wildman–Crippen LogP) is 7.70. The lowest BCUT2D eigenvalue weighted by Crippen LogP contribution is -2.55. The third-order valence-corrected chi connectivity index (χ3v) is 7.61. The molecule has 3 aromatic carbocycles. The van der Waals surface area contributed by atoms with Crippen LogP contribution in [0.15, 0.2) is 60.7 Å². The highest BCUT2D eigenvalue weighted by molar-refractivity contribution is 6.00. The van der Waals surface area contributed by atoms with Crippen molar-refractivity contribution in [1.82, 2.24) is 10.2 Å². The van der Waals surface area contributed by atoms with Crippen LogP contribution in [0.4, 0.5) is 10.5 Å². The topological polar surface area (TPSA) is 87.7 Å². The number of carbonyl (C=O) groups excluding carboxylic acids is 3. The van der Waals surface area contributed by atoms with Crippen LogP contribution in [0.25, 0.3) is 10.8 Å². The molecule has 7 heteroatoms. The van der Waals surface area contributed by atoms with E-state index in [1.54, 1.807) is 25.7 Å². The summed E-state index contributed by atoms with van der Waals surface area (Å²) in [6.07, 6.45) is 1.55. The molecule has 3 aromatic rings. The lowest BCUT2D eigenvalue weighted by atomic mass is 9.94. The van der Waals surface area contributed by atoms with Crippen LogP contribution < -0.4 is 10.6 Å². The van der Waals surface area contributed by atoms with Crippen molar-refractivity contribution in [3.63, 3.8) is 0 Å². The first-order valence-electron chi connectivity index (χ1n) is 15.0. The summed E-state index contributed by atoms with van der Waals surface area (Å²) in [5.41, 5.74) is 2.80. The summed E-state index contributed by atoms with van der Waals surface area (Å²) in [6.45, 7) is 15.7. The molecule has 0 aliphatic heterocycles. The maximum Gasteiger partial charge on any atom is 0.408 e. The van der Waals surface area contributed by atoms with E-state index in [9.17, 15) is 14.4 Å². The van der Waals surface area contributed by atoms with Crippen molar-refractivity contribution in [3.05, 3.63) is 77.4 Å². The molecule has 0 aliphatic carbocycles. The summed E-state index contributed by atoms with van der Waals surface area (Å²) in [5.74, 6) is -0.795. The maximum atomic E-state index is 14.4. The predicted molar refractivity (Wildman–Crippen MR) is 170 cm³/mol. The number of nitrogens with one attached hydrogen (secondary N) is 2. The van der Waals surface area contributed by atoms with E-state index in [1.807, 2.05) is 95.3 Å². The summed E-state index contributed by atoms with van der Waals surface area (Å²) in [6, 6.07) is 17.9. The molecular formula is C35H47N3O4. The molecule has 0 heterocycles. The van der Waals surface area contributed by atoms with Crippen LogP contribution in [-0.4, -0.2) is 41.0 Å². The van der Waals surface area contributed by atoms with Gasteiger partial charge in [-0.3, -0.25) is 9.59 Å². The summed E-state index contributed by atoms with van der Waals surface area (Å²) in [4.78, 5) is 43.1. The van der Waals surface area contributed by atoms with Crippen molar-refractivity contribution < 1.29 is 19.1 Å². The van der Waals surface area contributed by atoms with E-state index in [4.69, 9.17) is 4.74 Å². The molecule has 3 rings (SSSR count). The Balaban J connectivity index is 2.06. The van der Waals surface area contributed by atoms with Crippen LogP contribution in [0.1, 0.15) is 83.5 Å². The molecule has 0 saturated carbocycles. The fourth-order valence-corrected chi connectivity index (χ4v) is 4.88. The summed E-state index contributed by atoms with van der Waals surface area (Å²) < 4.78 is 5.51. The van der Waals surface area contributed by atoms with Gasteiger partial charge in [-0.05, 0) is 86.6 Å². The van der Waals surface area contributed by atoms with Crippen LogP contribution in [0.5, 0.6) is 0 Å². The smallest absolute Gasteiger partial charge is 0.408 e. The number of ether oxygens (including phenoxy) is 1. The molecule has 0 saturated heterocycles. The third kappa shape index (κ3) is 8.57. The average molecular weight is 574 g/mol. The minimum absolute atomic E-state index is 0.182. The Morgan fingerprint density at radius 3 is 2.21 bits per heavy atom. The van der Waals surface area contributed by atoms with E-state index >= 15 is 0 Å². The number of amides is 3. The second-order valence-corrected chi connectivity index (χ2v) is 12.2. The molecule has 3 unspecified atom stereocenters. The van der Waals surface area contributed by atoms with Crippen LogP contribution >= 0.6 is 0 Å². The maximum absolute atomic E-state index is 14.4. The van der Waals surface area contributed by atoms with Gasteiger partial charge in [-0.25, -0.2) is 4.79 Å². The van der Waals surface area contributed by atoms with Gasteiger partial charge >= 0.3 is 6.09 Å². The zero-order valence-electron chi connectivity index (χ0n) is 26.4. The number of hydrogen-bond acceptors (Lipinski definition) is 4. The summed E-state index contributed by atoms with van der Waals surface area (Å²) in [5, 5.41) is 8.00. The van der Waals surface area contributed by atoms with Gasteiger partial charge in [-0.2, -0.15) is 0 Å². The van der Waals surface area contributed by atoms with E-state index in [0.29, 0.717) is 25.1 Å². The highest BCUT2D eigenvalue weighted by Crippen LogP contribution is 2.29. The molecule has 0 bridgehead atoms. The molecule has 7 nitrogen and oxygen atoms in total. The zero-order chi connectivity index (χ0) is 31.0. The first kappa shape index (κ1) is 32.6. The molecule has 0 fully saturated rings. The van der Waals surface area contributed by atoms with E-state index in [0.717, 1.165) is 33.9 Å². The molecule has 0 spiro atoms. The van der Waals surface area contributed by atoms with Gasteiger partial charge in [0.25, 0.3) is 5.91 Å². The van der Waals surface area contributed by atoms with Crippen molar-refractivity contribution in [2.24, 2.45) is 5.92 Å². The van der Waals surface area contributed by atoms with Crippen LogP contribution in [0.2, 0.25) is 0 Å². The van der Waals surface area contributed by atoms with Gasteiger partial charge in [-0.1, -0.05) is 82.1 Å². The largest absolute Gasteiger partial charge is 0.444 e. The lowest BCUT2D eigenvalue weighted by Gasteiger charge is -2.36. The van der Waals surface area contributed by atoms with Crippen molar-refractivity contribution >= 4 is 34.4 Å². The monoisotopic (exact) mass is 573 g/mol. The fourth-order valence-electron chi connectivity index (χ4n) is 4.88. The third-order valence-electron chi connectivity index (χ3n) is 7.61. The molecule has 0 aromatic heterocycles. The van der Waals surface area contributed by atoms with Gasteiger partial charge in [0.1, 0.15) is 17.7 Å². The number of rotatable bonds is 11. The Hall–Kier alpha value is -3.87. The number of hydrogen-bond donors (Lipinski definition) is 2. The number of nitrogens with zero attached hydrogens (tertiary/aromatic N) is 1. The zero-order valence-corrected chi connectivity index (χ0v) is 26.4. The molecule has 2 N–H and O–H groups in total. The standard InChI is InChI=1S/C35H47N3O4/c1-9-11-20-38(33(40)30(23(3)10-2)37-34(41)42-35(6,7)8)31(28-17-16-24(4)25(5)21-28)32(39)36-29-19-18-26-14-12-13-15-27(26)22-29/h12-19,21-23,30-31H,9-11,20H2,1-8H3,(H,36,39)(H,37,41). The van der Waals surface area contributed by atoms with Gasteiger partial charge in [0.15, 0.2) is 0 Å². The SMILES string of the molecule is CCCCN(C(=O)C(NC(=O)OC(C)(C)C)C(C)CC)C(C(=O)Nc1ccc2ccccc2c1)c1ccc(C)c(C)c1. The first-order chi connectivity index (χ1) is 19.8. The Morgan fingerprint density at radius 1 is 0.905 bits per heavy atom. The summed E-state index contributed by atoms with van der Waals surface area (Å²) in [7, 11) is 0. The lowest BCUT2D eigenvalue weighted by molar-refractivity contribution is -0.142. The second kappa shape index (κ2) is 14.3. The highest BCUT2D eigenvalue weighted by Gasteiger charge is 2.38. The van der Waals surface area contributed by atoms with E-state index in [1.165, 1.54) is 0 Å². The van der Waals surface area contributed by atoms with Crippen LogP contribution in [0, 0.1) is 19.8 Å². The van der Waals surface area contributed by atoms with Crippen molar-refractivity contribution in [3.8, 4) is 0 Å². The fraction of sp³-hybridized carbons (Fsp3) is 0.457. The minimum atomic E-state index is -0.901. The van der Waals surface area contributed by atoms with Crippen molar-refractivity contribution in [2.45, 2.75) is 92.3 Å². The average Bonchev–Trinajstić information content (AvgIpc) is 2.93. The quantitative estimate of drug-likeness (QED) is 0.246. The molecule has 42 heavy (non-hydrogen) atoms. The first-order valence-corrected chi connectivity index (χ1v) is 15.0. The minimum Gasteiger partial charge on any atom is -0.444 e. The van der Waals surface area contributed by atoms with Crippen molar-refractivity contribution in [2.75, 3.05) is 11.9 Å². The van der Waals surface area contributed by atoms with E-state index in [-0.39, 0.29) is 17.7 Å². The number of fused-ring (bicyclic) bond motifs is 1. The number of aryl methyl sites for hydroxylation is 2. The molecule has 3 amide bonds. The molecule has 0 radical (unpaired) electrons. The number of benzene rings is 3. The Morgan fingerprint density at radius 2 is 1.60 bits per heavy atom. The molecule has 226 valence electrons. The number of alkyl carbamates (subject to hydrolysis) is 1. The second-order valence-electron chi connectivity index (χ2n) is 12.2. The molecule has 0 aliphatic rings. The van der Waals surface area contributed by atoms with E-state index in [2.05, 4.69) is 10.6 Å². The normalized spacial score (nSPS) is 13.6. The Bertz CT molecular complexity index is 1390. The van der Waals surface area contributed by atoms with Gasteiger partial charge in [-0.15, -0.1) is 0 Å². The highest BCUT2D eigenvalue weighted by atomic mass is 16.6. The number of anilines is 1. The van der Waals surface area contributed by atoms with Gasteiger partial charge < -0.3 is 20.3 Å². The Kier molecular flexibility index (Phi) is 11.1. The molecule has 3 atom stereocenters. The van der Waals surface area contributed by atoms with E-state index < -0.39 is 23.8 Å². The van der Waals surface area contributed by atoms with Crippen LogP contribution in [0.3, 0.4) is 0 Å². The number of carbonyl (C=O) groups is 3.